The summed E-state index contributed by atoms with van der Waals surface area (Å²) >= 11 is 0. The molecule has 2 heterocycles. The van der Waals surface area contributed by atoms with Gasteiger partial charge < -0.3 is 15.0 Å². The molecule has 2 aliphatic heterocycles. The molecule has 1 saturated heterocycles. The van der Waals surface area contributed by atoms with Crippen LogP contribution in [0, 0.1) is 5.92 Å². The fourth-order valence-corrected chi connectivity index (χ4v) is 4.76. The van der Waals surface area contributed by atoms with Crippen LogP contribution in [0.2, 0.25) is 0 Å². The summed E-state index contributed by atoms with van der Waals surface area (Å²) in [7, 11) is 0. The Kier molecular flexibility index (Phi) is 5.43. The quantitative estimate of drug-likeness (QED) is 0.682. The molecule has 0 unspecified atom stereocenters. The summed E-state index contributed by atoms with van der Waals surface area (Å²) < 4.78 is 6.25. The number of aliphatic imine (C=N–C) groups is 1. The number of rotatable bonds is 2. The maximum Gasteiger partial charge on any atom is 0.227 e. The van der Waals surface area contributed by atoms with Gasteiger partial charge in [0, 0.05) is 24.7 Å². The van der Waals surface area contributed by atoms with E-state index in [2.05, 4.69) is 10.2 Å². The lowest BCUT2D eigenvalue weighted by Gasteiger charge is -2.30. The van der Waals surface area contributed by atoms with Crippen LogP contribution in [0.5, 0.6) is 11.5 Å². The highest BCUT2D eigenvalue weighted by atomic mass is 16.5. The Bertz CT molecular complexity index is 957. The average Bonchev–Trinajstić information content (AvgIpc) is 2.97. The molecule has 1 aliphatic carbocycles. The number of anilines is 1. The smallest absolute Gasteiger partial charge is 0.227 e. The van der Waals surface area contributed by atoms with E-state index < -0.39 is 0 Å². The van der Waals surface area contributed by atoms with E-state index in [-0.39, 0.29) is 11.8 Å². The number of nitrogens with zero attached hydrogens (tertiary/aromatic N) is 2. The van der Waals surface area contributed by atoms with Crippen molar-refractivity contribution in [3.8, 4) is 11.5 Å². The molecule has 156 valence electrons. The standard InChI is InChI=1S/C25H29N3O2/c29-25(18-9-3-1-4-10-18)26-19-13-14-22-20(17-19)24(28-15-7-2-8-16-28)27-21-11-5-6-12-23(21)30-22/h5-6,11-14,17-18H,1-4,7-10,15-16H2,(H,26,29). The predicted molar refractivity (Wildman–Crippen MR) is 120 cm³/mol. The number of amides is 1. The van der Waals surface area contributed by atoms with E-state index in [1.165, 1.54) is 25.7 Å². The molecule has 5 rings (SSSR count). The van der Waals surface area contributed by atoms with Gasteiger partial charge in [0.2, 0.25) is 5.91 Å². The van der Waals surface area contributed by atoms with Crippen LogP contribution in [0.3, 0.4) is 0 Å². The Balaban J connectivity index is 1.49. The third kappa shape index (κ3) is 3.93. The number of carbonyl (C=O) groups is 1. The number of benzene rings is 2. The molecule has 2 aromatic rings. The second-order valence-corrected chi connectivity index (χ2v) is 8.59. The van der Waals surface area contributed by atoms with Crippen molar-refractivity contribution in [1.82, 2.24) is 4.90 Å². The van der Waals surface area contributed by atoms with Crippen molar-refractivity contribution < 1.29 is 9.53 Å². The minimum absolute atomic E-state index is 0.133. The molecule has 0 atom stereocenters. The second kappa shape index (κ2) is 8.50. The van der Waals surface area contributed by atoms with E-state index in [0.29, 0.717) is 0 Å². The number of para-hydroxylation sites is 2. The zero-order valence-corrected chi connectivity index (χ0v) is 17.4. The highest BCUT2D eigenvalue weighted by Gasteiger charge is 2.26. The Morgan fingerprint density at radius 2 is 1.70 bits per heavy atom. The molecular formula is C25H29N3O2. The van der Waals surface area contributed by atoms with Crippen LogP contribution in [0.15, 0.2) is 47.5 Å². The third-order valence-electron chi connectivity index (χ3n) is 6.43. The monoisotopic (exact) mass is 403 g/mol. The lowest BCUT2D eigenvalue weighted by Crippen LogP contribution is -2.36. The van der Waals surface area contributed by atoms with Crippen LogP contribution in [0.1, 0.15) is 56.9 Å². The van der Waals surface area contributed by atoms with Crippen LogP contribution in [0.4, 0.5) is 11.4 Å². The number of hydrogen-bond acceptors (Lipinski definition) is 4. The van der Waals surface area contributed by atoms with Gasteiger partial charge in [-0.1, -0.05) is 31.4 Å². The summed E-state index contributed by atoms with van der Waals surface area (Å²) in [5.41, 5.74) is 2.63. The number of likely N-dealkylation sites (tertiary alicyclic amines) is 1. The molecule has 0 aromatic heterocycles. The van der Waals surface area contributed by atoms with Crippen LogP contribution in [-0.4, -0.2) is 29.7 Å². The Morgan fingerprint density at radius 3 is 2.53 bits per heavy atom. The molecule has 1 N–H and O–H groups in total. The van der Waals surface area contributed by atoms with E-state index in [0.717, 1.165) is 73.0 Å². The number of amidine groups is 1. The first-order valence-corrected chi connectivity index (χ1v) is 11.3. The highest BCUT2D eigenvalue weighted by Crippen LogP contribution is 2.39. The molecule has 2 fully saturated rings. The largest absolute Gasteiger partial charge is 0.454 e. The van der Waals surface area contributed by atoms with Crippen molar-refractivity contribution in [3.63, 3.8) is 0 Å². The maximum atomic E-state index is 12.8. The zero-order valence-electron chi connectivity index (χ0n) is 17.4. The number of piperidine rings is 1. The summed E-state index contributed by atoms with van der Waals surface area (Å²) in [5, 5.41) is 3.16. The SMILES string of the molecule is O=C(Nc1ccc2c(c1)C(N1CCCCC1)=Nc1ccccc1O2)C1CCCCC1. The Labute approximate surface area is 178 Å². The van der Waals surface area contributed by atoms with Crippen molar-refractivity contribution in [3.05, 3.63) is 48.0 Å². The fraction of sp³-hybridized carbons (Fsp3) is 0.440. The minimum Gasteiger partial charge on any atom is -0.454 e. The van der Waals surface area contributed by atoms with Crippen molar-refractivity contribution in [2.45, 2.75) is 51.4 Å². The summed E-state index contributed by atoms with van der Waals surface area (Å²) in [6, 6.07) is 13.9. The average molecular weight is 404 g/mol. The summed E-state index contributed by atoms with van der Waals surface area (Å²) in [5.74, 6) is 2.78. The highest BCUT2D eigenvalue weighted by molar-refractivity contribution is 6.05. The number of carbonyl (C=O) groups excluding carboxylic acids is 1. The second-order valence-electron chi connectivity index (χ2n) is 8.59. The minimum atomic E-state index is 0.133. The van der Waals surface area contributed by atoms with E-state index in [9.17, 15) is 4.79 Å². The zero-order chi connectivity index (χ0) is 20.3. The van der Waals surface area contributed by atoms with Gasteiger partial charge in [-0.2, -0.15) is 0 Å². The molecule has 0 radical (unpaired) electrons. The van der Waals surface area contributed by atoms with Gasteiger partial charge in [-0.3, -0.25) is 4.79 Å². The van der Waals surface area contributed by atoms with Gasteiger partial charge in [0.15, 0.2) is 5.75 Å². The predicted octanol–water partition coefficient (Wildman–Crippen LogP) is 5.88. The molecule has 0 bridgehead atoms. The molecule has 30 heavy (non-hydrogen) atoms. The lowest BCUT2D eigenvalue weighted by atomic mass is 9.88. The van der Waals surface area contributed by atoms with Gasteiger partial charge in [0.25, 0.3) is 0 Å². The Morgan fingerprint density at radius 1 is 0.933 bits per heavy atom. The lowest BCUT2D eigenvalue weighted by molar-refractivity contribution is -0.120. The molecule has 3 aliphatic rings. The Hall–Kier alpha value is -2.82. The van der Waals surface area contributed by atoms with E-state index in [1.807, 2.05) is 42.5 Å². The first-order valence-electron chi connectivity index (χ1n) is 11.3. The summed E-state index contributed by atoms with van der Waals surface area (Å²) in [6.45, 7) is 2.00. The molecule has 1 amide bonds. The first-order chi connectivity index (χ1) is 14.8. The molecule has 5 heteroatoms. The fourth-order valence-electron chi connectivity index (χ4n) is 4.76. The van der Waals surface area contributed by atoms with Gasteiger partial charge in [0.05, 0.1) is 5.56 Å². The molecule has 0 spiro atoms. The van der Waals surface area contributed by atoms with Gasteiger partial charge in [-0.25, -0.2) is 4.99 Å². The topological polar surface area (TPSA) is 53.9 Å². The van der Waals surface area contributed by atoms with Gasteiger partial charge in [-0.15, -0.1) is 0 Å². The molecule has 2 aromatic carbocycles. The van der Waals surface area contributed by atoms with Crippen molar-refractivity contribution in [2.24, 2.45) is 10.9 Å². The van der Waals surface area contributed by atoms with Gasteiger partial charge in [0.1, 0.15) is 17.3 Å². The summed E-state index contributed by atoms with van der Waals surface area (Å²) in [6.07, 6.45) is 9.16. The van der Waals surface area contributed by atoms with Crippen molar-refractivity contribution in [1.29, 1.82) is 0 Å². The van der Waals surface area contributed by atoms with Gasteiger partial charge in [-0.05, 0) is 62.4 Å². The van der Waals surface area contributed by atoms with E-state index in [4.69, 9.17) is 9.73 Å². The number of fused-ring (bicyclic) bond motifs is 2. The van der Waals surface area contributed by atoms with Crippen molar-refractivity contribution >= 4 is 23.1 Å². The molecule has 5 nitrogen and oxygen atoms in total. The van der Waals surface area contributed by atoms with E-state index in [1.54, 1.807) is 0 Å². The van der Waals surface area contributed by atoms with Crippen LogP contribution >= 0.6 is 0 Å². The molecular weight excluding hydrogens is 374 g/mol. The number of ether oxygens (including phenoxy) is 1. The molecule has 1 saturated carbocycles. The van der Waals surface area contributed by atoms with Gasteiger partial charge >= 0.3 is 0 Å². The van der Waals surface area contributed by atoms with Crippen LogP contribution in [0.25, 0.3) is 0 Å². The first kappa shape index (κ1) is 19.2. The number of nitrogens with one attached hydrogen (secondary N) is 1. The van der Waals surface area contributed by atoms with Crippen molar-refractivity contribution in [2.75, 3.05) is 18.4 Å². The summed E-state index contributed by atoms with van der Waals surface area (Å²) in [4.78, 5) is 20.2. The van der Waals surface area contributed by atoms with Crippen LogP contribution < -0.4 is 10.1 Å². The third-order valence-corrected chi connectivity index (χ3v) is 6.43. The maximum absolute atomic E-state index is 12.8. The normalized spacial score (nSPS) is 19.1. The van der Waals surface area contributed by atoms with E-state index >= 15 is 0 Å². The van der Waals surface area contributed by atoms with Crippen LogP contribution in [-0.2, 0) is 4.79 Å². The number of hydrogen-bond donors (Lipinski definition) is 1.